The summed E-state index contributed by atoms with van der Waals surface area (Å²) in [4.78, 5) is 0. The molecule has 0 radical (unpaired) electrons. The van der Waals surface area contributed by atoms with Crippen LogP contribution in [-0.4, -0.2) is 0 Å². The van der Waals surface area contributed by atoms with Gasteiger partial charge in [0.05, 0.1) is 0 Å². The number of allylic oxidation sites excluding steroid dienone is 6. The minimum atomic E-state index is 0.884. The molecule has 0 saturated carbocycles. The van der Waals surface area contributed by atoms with Crippen LogP contribution in [0.25, 0.3) is 40.2 Å². The fraction of sp³-hybridized carbons (Fsp3) is 0.185. The van der Waals surface area contributed by atoms with Crippen molar-refractivity contribution in [3.05, 3.63) is 87.4 Å². The van der Waals surface area contributed by atoms with Gasteiger partial charge in [-0.15, -0.1) is 0 Å². The summed E-state index contributed by atoms with van der Waals surface area (Å²) in [5, 5.41) is 4.41. The summed E-state index contributed by atoms with van der Waals surface area (Å²) in [6.07, 6.45) is 9.47. The summed E-state index contributed by atoms with van der Waals surface area (Å²) in [6.45, 7) is 17.4. The number of hydrogen-bond acceptors (Lipinski definition) is 1. The zero-order valence-electron chi connectivity index (χ0n) is 17.1. The molecular formula is C27H26O. The van der Waals surface area contributed by atoms with Gasteiger partial charge in [-0.3, -0.25) is 0 Å². The van der Waals surface area contributed by atoms with Gasteiger partial charge in [-0.25, -0.2) is 0 Å². The number of fused-ring (bicyclic) bond motifs is 3. The number of furan rings is 1. The normalized spacial score (nSPS) is 17.4. The van der Waals surface area contributed by atoms with E-state index in [1.54, 1.807) is 0 Å². The Bertz CT molecular complexity index is 1340. The van der Waals surface area contributed by atoms with Crippen molar-refractivity contribution in [1.29, 1.82) is 0 Å². The fourth-order valence-corrected chi connectivity index (χ4v) is 4.52. The van der Waals surface area contributed by atoms with E-state index in [9.17, 15) is 0 Å². The van der Waals surface area contributed by atoms with Gasteiger partial charge in [0.25, 0.3) is 0 Å². The summed E-state index contributed by atoms with van der Waals surface area (Å²) in [5.74, 6) is 0. The van der Waals surface area contributed by atoms with Crippen molar-refractivity contribution in [2.45, 2.75) is 34.1 Å². The van der Waals surface area contributed by atoms with Crippen LogP contribution in [0, 0.1) is 6.92 Å². The first kappa shape index (κ1) is 18.3. The Labute approximate surface area is 166 Å². The third kappa shape index (κ3) is 2.54. The Morgan fingerprint density at radius 2 is 1.71 bits per heavy atom. The maximum atomic E-state index is 6.28. The maximum absolute atomic E-state index is 6.28. The molecule has 1 aliphatic carbocycles. The molecule has 0 unspecified atom stereocenters. The highest BCUT2D eigenvalue weighted by atomic mass is 16.3. The van der Waals surface area contributed by atoms with Crippen LogP contribution in [0.3, 0.4) is 0 Å². The topological polar surface area (TPSA) is 13.1 Å². The molecule has 4 rings (SSSR count). The lowest BCUT2D eigenvalue weighted by atomic mass is 9.92. The largest absolute Gasteiger partial charge is 0.455 e. The molecule has 0 spiro atoms. The van der Waals surface area contributed by atoms with E-state index in [1.165, 1.54) is 27.8 Å². The van der Waals surface area contributed by atoms with Crippen molar-refractivity contribution in [3.8, 4) is 0 Å². The molecule has 140 valence electrons. The van der Waals surface area contributed by atoms with Crippen LogP contribution in [-0.2, 0) is 0 Å². The van der Waals surface area contributed by atoms with Crippen LogP contribution >= 0.6 is 0 Å². The van der Waals surface area contributed by atoms with Gasteiger partial charge in [-0.1, -0.05) is 55.7 Å². The molecular weight excluding hydrogens is 340 g/mol. The van der Waals surface area contributed by atoms with Crippen molar-refractivity contribution in [2.75, 3.05) is 0 Å². The second-order valence-corrected chi connectivity index (χ2v) is 7.50. The van der Waals surface area contributed by atoms with E-state index in [4.69, 9.17) is 4.42 Å². The molecule has 1 nitrogen and oxygen atoms in total. The fourth-order valence-electron chi connectivity index (χ4n) is 4.52. The molecule has 2 aromatic carbocycles. The Morgan fingerprint density at radius 3 is 2.43 bits per heavy atom. The van der Waals surface area contributed by atoms with E-state index in [0.29, 0.717) is 0 Å². The molecule has 1 heteroatoms. The van der Waals surface area contributed by atoms with Crippen molar-refractivity contribution >= 4 is 40.2 Å². The first-order valence-corrected chi connectivity index (χ1v) is 9.80. The zero-order chi connectivity index (χ0) is 20.0. The zero-order valence-corrected chi connectivity index (χ0v) is 17.1. The second-order valence-electron chi connectivity index (χ2n) is 7.50. The number of para-hydroxylation sites is 1. The van der Waals surface area contributed by atoms with Gasteiger partial charge in [-0.05, 0) is 73.6 Å². The highest BCUT2D eigenvalue weighted by molar-refractivity contribution is 6.08. The monoisotopic (exact) mass is 366 g/mol. The average molecular weight is 367 g/mol. The lowest BCUT2D eigenvalue weighted by Crippen LogP contribution is -2.30. The predicted octanol–water partition coefficient (Wildman–Crippen LogP) is 6.34. The average Bonchev–Trinajstić information content (AvgIpc) is 3.19. The Morgan fingerprint density at radius 1 is 1.00 bits per heavy atom. The summed E-state index contributed by atoms with van der Waals surface area (Å²) < 4.78 is 6.28. The molecule has 0 fully saturated rings. The van der Waals surface area contributed by atoms with Crippen LogP contribution < -0.4 is 10.4 Å². The molecule has 0 amide bonds. The van der Waals surface area contributed by atoms with Crippen molar-refractivity contribution in [2.24, 2.45) is 0 Å². The third-order valence-corrected chi connectivity index (χ3v) is 5.78. The summed E-state index contributed by atoms with van der Waals surface area (Å²) in [7, 11) is 0. The second kappa shape index (κ2) is 6.83. The maximum Gasteiger partial charge on any atom is 0.142 e. The first-order valence-electron chi connectivity index (χ1n) is 9.80. The van der Waals surface area contributed by atoms with Gasteiger partial charge in [0, 0.05) is 21.2 Å². The van der Waals surface area contributed by atoms with Crippen LogP contribution in [0.1, 0.15) is 38.3 Å². The van der Waals surface area contributed by atoms with E-state index in [2.05, 4.69) is 77.3 Å². The molecule has 1 aliphatic rings. The molecule has 28 heavy (non-hydrogen) atoms. The Kier molecular flexibility index (Phi) is 4.47. The molecule has 0 saturated heterocycles. The van der Waals surface area contributed by atoms with Gasteiger partial charge in [0.2, 0.25) is 0 Å². The minimum absolute atomic E-state index is 0.884. The Hall–Kier alpha value is -3.06. The molecule has 1 heterocycles. The van der Waals surface area contributed by atoms with E-state index >= 15 is 0 Å². The van der Waals surface area contributed by atoms with Crippen LogP contribution in [0.4, 0.5) is 0 Å². The van der Waals surface area contributed by atoms with Crippen LogP contribution in [0.15, 0.2) is 70.2 Å². The van der Waals surface area contributed by atoms with Crippen molar-refractivity contribution < 1.29 is 4.42 Å². The third-order valence-electron chi connectivity index (χ3n) is 5.78. The molecule has 0 atom stereocenters. The number of hydrogen-bond donors (Lipinski definition) is 0. The van der Waals surface area contributed by atoms with Gasteiger partial charge in [0.15, 0.2) is 0 Å². The first-order chi connectivity index (χ1) is 13.5. The van der Waals surface area contributed by atoms with E-state index < -0.39 is 0 Å². The number of benzene rings is 2. The minimum Gasteiger partial charge on any atom is -0.455 e. The Balaban J connectivity index is 2.30. The summed E-state index contributed by atoms with van der Waals surface area (Å²) >= 11 is 0. The van der Waals surface area contributed by atoms with Crippen LogP contribution in [0.5, 0.6) is 0 Å². The van der Waals surface area contributed by atoms with Gasteiger partial charge in [-0.2, -0.15) is 0 Å². The SMILES string of the molecule is C=C1CC(/C=C\C)=C(C)C/1=c1\c(/C=C\C)c(C)c2c(oc3ccccc32)c1=C. The lowest BCUT2D eigenvalue weighted by molar-refractivity contribution is 0.665. The number of rotatable bonds is 2. The predicted molar refractivity (Wildman–Crippen MR) is 123 cm³/mol. The molecule has 0 bridgehead atoms. The van der Waals surface area contributed by atoms with Gasteiger partial charge < -0.3 is 4.42 Å². The quantitative estimate of drug-likeness (QED) is 0.516. The highest BCUT2D eigenvalue weighted by Gasteiger charge is 2.22. The number of aryl methyl sites for hydroxylation is 1. The van der Waals surface area contributed by atoms with E-state index in [1.807, 2.05) is 12.1 Å². The van der Waals surface area contributed by atoms with E-state index in [0.717, 1.165) is 44.4 Å². The molecule has 1 aromatic heterocycles. The molecule has 0 aliphatic heterocycles. The molecule has 3 aromatic rings. The standard InChI is InChI=1S/C27H26O/c1-7-11-20-15-16(3)24(17(20)4)25-19(6)27-26(18(5)21(25)12-8-2)22-13-9-10-14-23(22)28-27/h7-14H,3,6,15H2,1-2,4-5H3/b11-7-,12-8-,25-24-. The highest BCUT2D eigenvalue weighted by Crippen LogP contribution is 2.37. The van der Waals surface area contributed by atoms with Gasteiger partial charge >= 0.3 is 0 Å². The van der Waals surface area contributed by atoms with Crippen LogP contribution in [0.2, 0.25) is 0 Å². The van der Waals surface area contributed by atoms with Gasteiger partial charge in [0.1, 0.15) is 11.2 Å². The lowest BCUT2D eigenvalue weighted by Gasteiger charge is -2.11. The van der Waals surface area contributed by atoms with E-state index in [-0.39, 0.29) is 0 Å². The van der Waals surface area contributed by atoms with Crippen molar-refractivity contribution in [1.82, 2.24) is 0 Å². The summed E-state index contributed by atoms with van der Waals surface area (Å²) in [5.41, 5.74) is 9.22. The smallest absolute Gasteiger partial charge is 0.142 e. The van der Waals surface area contributed by atoms with Crippen molar-refractivity contribution in [3.63, 3.8) is 0 Å². The molecule has 0 N–H and O–H groups in total. The summed E-state index contributed by atoms with van der Waals surface area (Å²) in [6, 6.07) is 8.23.